The van der Waals surface area contributed by atoms with Crippen LogP contribution < -0.4 is 0 Å². The number of nitrogens with zero attached hydrogens (tertiary/aromatic N) is 1. The second kappa shape index (κ2) is 9.41. The molecule has 1 amide bonds. The molecule has 1 heterocycles. The fraction of sp³-hybridized carbons (Fsp3) is 0.938. The van der Waals surface area contributed by atoms with Crippen molar-refractivity contribution >= 4 is 5.91 Å². The third kappa shape index (κ3) is 5.41. The van der Waals surface area contributed by atoms with Crippen LogP contribution in [0.4, 0.5) is 0 Å². The summed E-state index contributed by atoms with van der Waals surface area (Å²) < 4.78 is 0. The SMILES string of the molecule is CCCCCCCN1CCCCC(CCC)C1=O. The molecule has 2 heteroatoms. The topological polar surface area (TPSA) is 20.3 Å². The number of carbonyl (C=O) groups is 1. The normalized spacial score (nSPS) is 21.1. The molecule has 0 aromatic rings. The minimum Gasteiger partial charge on any atom is -0.342 e. The Morgan fingerprint density at radius 3 is 2.56 bits per heavy atom. The van der Waals surface area contributed by atoms with Crippen LogP contribution in [0.2, 0.25) is 0 Å². The lowest BCUT2D eigenvalue weighted by Gasteiger charge is -2.24. The van der Waals surface area contributed by atoms with Gasteiger partial charge in [-0.05, 0) is 25.7 Å². The highest BCUT2D eigenvalue weighted by molar-refractivity contribution is 5.79. The van der Waals surface area contributed by atoms with Gasteiger partial charge in [0, 0.05) is 19.0 Å². The van der Waals surface area contributed by atoms with E-state index in [1.807, 2.05) is 0 Å². The Kier molecular flexibility index (Phi) is 8.11. The van der Waals surface area contributed by atoms with Crippen molar-refractivity contribution in [2.24, 2.45) is 5.92 Å². The van der Waals surface area contributed by atoms with Gasteiger partial charge in [0.2, 0.25) is 5.91 Å². The number of rotatable bonds is 8. The predicted molar refractivity (Wildman–Crippen MR) is 77.6 cm³/mol. The Balaban J connectivity index is 2.30. The second-order valence-electron chi connectivity index (χ2n) is 5.72. The summed E-state index contributed by atoms with van der Waals surface area (Å²) in [6.07, 6.45) is 12.2. The van der Waals surface area contributed by atoms with E-state index >= 15 is 0 Å². The molecule has 1 aliphatic rings. The number of carbonyl (C=O) groups excluding carboxylic acids is 1. The lowest BCUT2D eigenvalue weighted by atomic mass is 9.97. The first-order valence-corrected chi connectivity index (χ1v) is 8.08. The molecule has 1 unspecified atom stereocenters. The van der Waals surface area contributed by atoms with Crippen molar-refractivity contribution in [3.63, 3.8) is 0 Å². The van der Waals surface area contributed by atoms with E-state index in [1.165, 1.54) is 44.9 Å². The number of unbranched alkanes of at least 4 members (excludes halogenated alkanes) is 4. The van der Waals surface area contributed by atoms with E-state index in [0.717, 1.165) is 32.4 Å². The van der Waals surface area contributed by atoms with Gasteiger partial charge in [-0.2, -0.15) is 0 Å². The molecule has 0 radical (unpaired) electrons. The number of hydrogen-bond acceptors (Lipinski definition) is 1. The molecule has 0 bridgehead atoms. The van der Waals surface area contributed by atoms with Crippen LogP contribution in [0.15, 0.2) is 0 Å². The first-order valence-electron chi connectivity index (χ1n) is 8.08. The van der Waals surface area contributed by atoms with Gasteiger partial charge in [-0.3, -0.25) is 4.79 Å². The Hall–Kier alpha value is -0.530. The zero-order valence-corrected chi connectivity index (χ0v) is 12.4. The molecule has 1 rings (SSSR count). The molecular weight excluding hydrogens is 222 g/mol. The highest BCUT2D eigenvalue weighted by Crippen LogP contribution is 2.22. The van der Waals surface area contributed by atoms with Crippen molar-refractivity contribution < 1.29 is 4.79 Å². The summed E-state index contributed by atoms with van der Waals surface area (Å²) in [5, 5.41) is 0. The molecule has 0 spiro atoms. The van der Waals surface area contributed by atoms with Crippen LogP contribution in [-0.4, -0.2) is 23.9 Å². The summed E-state index contributed by atoms with van der Waals surface area (Å²) in [5.74, 6) is 0.776. The van der Waals surface area contributed by atoms with E-state index in [9.17, 15) is 4.79 Å². The molecule has 18 heavy (non-hydrogen) atoms. The molecule has 0 aromatic carbocycles. The predicted octanol–water partition coefficient (Wildman–Crippen LogP) is 4.39. The Bertz CT molecular complexity index is 227. The molecule has 0 N–H and O–H groups in total. The largest absolute Gasteiger partial charge is 0.342 e. The minimum atomic E-state index is 0.327. The smallest absolute Gasteiger partial charge is 0.225 e. The van der Waals surface area contributed by atoms with Crippen molar-refractivity contribution in [2.75, 3.05) is 13.1 Å². The van der Waals surface area contributed by atoms with Crippen LogP contribution >= 0.6 is 0 Å². The summed E-state index contributed by atoms with van der Waals surface area (Å²) >= 11 is 0. The van der Waals surface area contributed by atoms with Crippen LogP contribution in [0, 0.1) is 5.92 Å². The highest BCUT2D eigenvalue weighted by atomic mass is 16.2. The van der Waals surface area contributed by atoms with Gasteiger partial charge in [-0.25, -0.2) is 0 Å². The van der Waals surface area contributed by atoms with Crippen LogP contribution in [-0.2, 0) is 4.79 Å². The van der Waals surface area contributed by atoms with Crippen molar-refractivity contribution in [3.8, 4) is 0 Å². The standard InChI is InChI=1S/C16H31NO/c1-3-5-6-7-9-13-17-14-10-8-12-15(11-4-2)16(17)18/h15H,3-14H2,1-2H3. The average Bonchev–Trinajstić information content (AvgIpc) is 2.54. The van der Waals surface area contributed by atoms with Gasteiger partial charge in [0.25, 0.3) is 0 Å². The van der Waals surface area contributed by atoms with Crippen LogP contribution in [0.3, 0.4) is 0 Å². The van der Waals surface area contributed by atoms with Gasteiger partial charge >= 0.3 is 0 Å². The maximum atomic E-state index is 12.4. The molecule has 0 aliphatic carbocycles. The molecule has 1 aliphatic heterocycles. The lowest BCUT2D eigenvalue weighted by molar-refractivity contribution is -0.135. The summed E-state index contributed by atoms with van der Waals surface area (Å²) in [6.45, 7) is 6.44. The molecule has 0 aromatic heterocycles. The maximum absolute atomic E-state index is 12.4. The van der Waals surface area contributed by atoms with E-state index in [-0.39, 0.29) is 0 Å². The molecular formula is C16H31NO. The average molecular weight is 253 g/mol. The van der Waals surface area contributed by atoms with Gasteiger partial charge in [-0.15, -0.1) is 0 Å². The van der Waals surface area contributed by atoms with Crippen LogP contribution in [0.5, 0.6) is 0 Å². The van der Waals surface area contributed by atoms with Crippen molar-refractivity contribution in [3.05, 3.63) is 0 Å². The fourth-order valence-corrected chi connectivity index (χ4v) is 2.93. The summed E-state index contributed by atoms with van der Waals surface area (Å²) in [6, 6.07) is 0. The molecule has 1 saturated heterocycles. The van der Waals surface area contributed by atoms with E-state index in [4.69, 9.17) is 0 Å². The first kappa shape index (κ1) is 15.5. The number of amides is 1. The van der Waals surface area contributed by atoms with E-state index in [1.54, 1.807) is 0 Å². The Morgan fingerprint density at radius 2 is 1.83 bits per heavy atom. The number of likely N-dealkylation sites (tertiary alicyclic amines) is 1. The molecule has 106 valence electrons. The van der Waals surface area contributed by atoms with Crippen LogP contribution in [0.25, 0.3) is 0 Å². The van der Waals surface area contributed by atoms with Crippen LogP contribution in [0.1, 0.15) is 78.1 Å². The molecule has 1 fully saturated rings. The highest BCUT2D eigenvalue weighted by Gasteiger charge is 2.25. The Labute approximate surface area is 113 Å². The summed E-state index contributed by atoms with van der Waals surface area (Å²) in [4.78, 5) is 14.5. The van der Waals surface area contributed by atoms with Gasteiger partial charge in [0.15, 0.2) is 0 Å². The maximum Gasteiger partial charge on any atom is 0.225 e. The Morgan fingerprint density at radius 1 is 1.06 bits per heavy atom. The van der Waals surface area contributed by atoms with Crippen molar-refractivity contribution in [1.29, 1.82) is 0 Å². The third-order valence-corrected chi connectivity index (χ3v) is 4.06. The third-order valence-electron chi connectivity index (χ3n) is 4.06. The number of hydrogen-bond donors (Lipinski definition) is 0. The quantitative estimate of drug-likeness (QED) is 0.588. The van der Waals surface area contributed by atoms with E-state index in [0.29, 0.717) is 11.8 Å². The van der Waals surface area contributed by atoms with Gasteiger partial charge in [0.1, 0.15) is 0 Å². The zero-order chi connectivity index (χ0) is 13.2. The summed E-state index contributed by atoms with van der Waals surface area (Å²) in [5.41, 5.74) is 0. The zero-order valence-electron chi connectivity index (χ0n) is 12.4. The van der Waals surface area contributed by atoms with Gasteiger partial charge in [-0.1, -0.05) is 52.4 Å². The van der Waals surface area contributed by atoms with Crippen molar-refractivity contribution in [2.45, 2.75) is 78.1 Å². The van der Waals surface area contributed by atoms with Gasteiger partial charge < -0.3 is 4.90 Å². The molecule has 2 nitrogen and oxygen atoms in total. The van der Waals surface area contributed by atoms with Gasteiger partial charge in [0.05, 0.1) is 0 Å². The first-order chi connectivity index (χ1) is 8.79. The molecule has 0 saturated carbocycles. The fourth-order valence-electron chi connectivity index (χ4n) is 2.93. The van der Waals surface area contributed by atoms with E-state index < -0.39 is 0 Å². The minimum absolute atomic E-state index is 0.327. The second-order valence-corrected chi connectivity index (χ2v) is 5.72. The summed E-state index contributed by atoms with van der Waals surface area (Å²) in [7, 11) is 0. The monoisotopic (exact) mass is 253 g/mol. The van der Waals surface area contributed by atoms with E-state index in [2.05, 4.69) is 18.7 Å². The molecule has 1 atom stereocenters. The van der Waals surface area contributed by atoms with Crippen molar-refractivity contribution in [1.82, 2.24) is 4.90 Å². The lowest BCUT2D eigenvalue weighted by Crippen LogP contribution is -2.35.